The molecule has 0 saturated carbocycles. The van der Waals surface area contributed by atoms with Crippen LogP contribution < -0.4 is 0 Å². The van der Waals surface area contributed by atoms with E-state index in [0.717, 1.165) is 9.26 Å². The maximum Gasteiger partial charge on any atom is 0.166 e. The number of nitriles is 1. The van der Waals surface area contributed by atoms with Gasteiger partial charge >= 0.3 is 0 Å². The van der Waals surface area contributed by atoms with Gasteiger partial charge in [-0.3, -0.25) is 4.68 Å². The van der Waals surface area contributed by atoms with Crippen molar-refractivity contribution in [2.24, 2.45) is 7.05 Å². The average Bonchev–Trinajstić information content (AvgIpc) is 2.17. The van der Waals surface area contributed by atoms with Crippen LogP contribution in [-0.2, 0) is 7.05 Å². The lowest BCUT2D eigenvalue weighted by molar-refractivity contribution is 0.743. The fraction of sp³-hybridized carbons (Fsp3) is 0.333. The predicted octanol–water partition coefficient (Wildman–Crippen LogP) is 1.20. The second-order valence-electron chi connectivity index (χ2n) is 2.00. The van der Waals surface area contributed by atoms with E-state index in [1.54, 1.807) is 4.68 Å². The van der Waals surface area contributed by atoms with E-state index in [-0.39, 0.29) is 0 Å². The highest BCUT2D eigenvalue weighted by Crippen LogP contribution is 2.12. The molecule has 0 aliphatic heterocycles. The number of aromatic nitrogens is 2. The summed E-state index contributed by atoms with van der Waals surface area (Å²) in [7, 11) is 1.83. The molecule has 1 aromatic rings. The lowest BCUT2D eigenvalue weighted by Gasteiger charge is -1.88. The Morgan fingerprint density at radius 3 is 2.50 bits per heavy atom. The summed E-state index contributed by atoms with van der Waals surface area (Å²) < 4.78 is 2.73. The Labute approximate surface area is 72.8 Å². The SMILES string of the molecule is Cc1c(C#N)nn(C)c1I. The molecule has 1 heterocycles. The maximum absolute atomic E-state index is 8.53. The van der Waals surface area contributed by atoms with Crippen LogP contribution in [0.5, 0.6) is 0 Å². The van der Waals surface area contributed by atoms with Crippen LogP contribution >= 0.6 is 22.6 Å². The highest BCUT2D eigenvalue weighted by Gasteiger charge is 2.07. The first-order valence-corrected chi connectivity index (χ1v) is 3.84. The van der Waals surface area contributed by atoms with Gasteiger partial charge in [-0.25, -0.2) is 0 Å². The molecule has 0 atom stereocenters. The molecule has 0 aliphatic carbocycles. The molecule has 0 bridgehead atoms. The van der Waals surface area contributed by atoms with Crippen LogP contribution in [-0.4, -0.2) is 9.78 Å². The topological polar surface area (TPSA) is 41.6 Å². The maximum atomic E-state index is 8.53. The quantitative estimate of drug-likeness (QED) is 0.646. The molecule has 0 radical (unpaired) electrons. The van der Waals surface area contributed by atoms with Crippen LogP contribution in [0.15, 0.2) is 0 Å². The molecule has 52 valence electrons. The van der Waals surface area contributed by atoms with Gasteiger partial charge in [0.05, 0.1) is 0 Å². The lowest BCUT2D eigenvalue weighted by atomic mass is 10.3. The molecule has 0 spiro atoms. The Bertz CT molecular complexity index is 295. The highest BCUT2D eigenvalue weighted by atomic mass is 127. The van der Waals surface area contributed by atoms with Crippen molar-refractivity contribution in [3.63, 3.8) is 0 Å². The molecule has 0 amide bonds. The zero-order valence-electron chi connectivity index (χ0n) is 5.72. The molecule has 1 aromatic heterocycles. The molecule has 1 rings (SSSR count). The van der Waals surface area contributed by atoms with Gasteiger partial charge in [0.1, 0.15) is 9.77 Å². The molecule has 0 aliphatic rings. The van der Waals surface area contributed by atoms with Crippen LogP contribution in [0.25, 0.3) is 0 Å². The summed E-state index contributed by atoms with van der Waals surface area (Å²) in [6, 6.07) is 2.02. The molecule has 3 nitrogen and oxygen atoms in total. The fourth-order valence-electron chi connectivity index (χ4n) is 0.716. The standard InChI is InChI=1S/C6H6IN3/c1-4-5(3-8)9-10(2)6(4)7/h1-2H3. The summed E-state index contributed by atoms with van der Waals surface area (Å²) in [5, 5.41) is 12.5. The van der Waals surface area contributed by atoms with Crippen molar-refractivity contribution >= 4 is 22.6 Å². The smallest absolute Gasteiger partial charge is 0.166 e. The molecule has 0 saturated heterocycles. The van der Waals surface area contributed by atoms with Crippen LogP contribution in [0.2, 0.25) is 0 Å². The van der Waals surface area contributed by atoms with Gasteiger partial charge in [0.2, 0.25) is 0 Å². The molecule has 0 unspecified atom stereocenters. The Hall–Kier alpha value is -0.570. The third-order valence-electron chi connectivity index (χ3n) is 1.30. The highest BCUT2D eigenvalue weighted by molar-refractivity contribution is 14.1. The van der Waals surface area contributed by atoms with E-state index < -0.39 is 0 Å². The molecule has 0 N–H and O–H groups in total. The molecule has 4 heteroatoms. The summed E-state index contributed by atoms with van der Waals surface area (Å²) in [6.07, 6.45) is 0. The minimum absolute atomic E-state index is 0.520. The molecule has 0 fully saturated rings. The van der Waals surface area contributed by atoms with Gasteiger partial charge in [0.15, 0.2) is 5.69 Å². The largest absolute Gasteiger partial charge is 0.261 e. The molecular weight excluding hydrogens is 241 g/mol. The van der Waals surface area contributed by atoms with Gasteiger partial charge in [-0.05, 0) is 29.5 Å². The molecule has 0 aromatic carbocycles. The zero-order chi connectivity index (χ0) is 7.72. The first-order valence-electron chi connectivity index (χ1n) is 2.76. The number of nitrogens with zero attached hydrogens (tertiary/aromatic N) is 3. The van der Waals surface area contributed by atoms with E-state index >= 15 is 0 Å². The van der Waals surface area contributed by atoms with Gasteiger partial charge < -0.3 is 0 Å². The summed E-state index contributed by atoms with van der Waals surface area (Å²) in [5.74, 6) is 0. The summed E-state index contributed by atoms with van der Waals surface area (Å²) in [4.78, 5) is 0. The number of aryl methyl sites for hydroxylation is 1. The second-order valence-corrected chi connectivity index (χ2v) is 3.02. The van der Waals surface area contributed by atoms with Crippen molar-refractivity contribution in [1.29, 1.82) is 5.26 Å². The van der Waals surface area contributed by atoms with Crippen molar-refractivity contribution in [2.45, 2.75) is 6.92 Å². The fourth-order valence-corrected chi connectivity index (χ4v) is 1.08. The summed E-state index contributed by atoms with van der Waals surface area (Å²) in [6.45, 7) is 1.90. The van der Waals surface area contributed by atoms with E-state index in [1.165, 1.54) is 0 Å². The first-order chi connectivity index (χ1) is 4.66. The van der Waals surface area contributed by atoms with Crippen LogP contribution in [0.1, 0.15) is 11.3 Å². The normalized spacial score (nSPS) is 9.40. The van der Waals surface area contributed by atoms with E-state index in [9.17, 15) is 0 Å². The lowest BCUT2D eigenvalue weighted by Crippen LogP contribution is -1.92. The zero-order valence-corrected chi connectivity index (χ0v) is 7.88. The third-order valence-corrected chi connectivity index (χ3v) is 2.81. The molecular formula is C6H6IN3. The van der Waals surface area contributed by atoms with Crippen molar-refractivity contribution in [1.82, 2.24) is 9.78 Å². The van der Waals surface area contributed by atoms with Crippen molar-refractivity contribution < 1.29 is 0 Å². The number of hydrogen-bond acceptors (Lipinski definition) is 2. The van der Waals surface area contributed by atoms with Gasteiger partial charge in [-0.2, -0.15) is 10.4 Å². The number of rotatable bonds is 0. The third kappa shape index (κ3) is 1.01. The van der Waals surface area contributed by atoms with Gasteiger partial charge in [0.25, 0.3) is 0 Å². The Morgan fingerprint density at radius 2 is 2.30 bits per heavy atom. The number of hydrogen-bond donors (Lipinski definition) is 0. The van der Waals surface area contributed by atoms with Crippen molar-refractivity contribution in [2.75, 3.05) is 0 Å². The monoisotopic (exact) mass is 247 g/mol. The Kier molecular flexibility index (Phi) is 1.94. The summed E-state index contributed by atoms with van der Waals surface area (Å²) >= 11 is 2.16. The van der Waals surface area contributed by atoms with E-state index in [0.29, 0.717) is 5.69 Å². The Balaban J connectivity index is 3.34. The summed E-state index contributed by atoms with van der Waals surface area (Å²) in [5.41, 5.74) is 1.48. The van der Waals surface area contributed by atoms with Crippen molar-refractivity contribution in [3.8, 4) is 6.07 Å². The van der Waals surface area contributed by atoms with Crippen LogP contribution in [0.3, 0.4) is 0 Å². The van der Waals surface area contributed by atoms with Crippen molar-refractivity contribution in [3.05, 3.63) is 15.0 Å². The van der Waals surface area contributed by atoms with E-state index in [2.05, 4.69) is 27.7 Å². The number of halogens is 1. The minimum Gasteiger partial charge on any atom is -0.261 e. The Morgan fingerprint density at radius 1 is 1.70 bits per heavy atom. The predicted molar refractivity (Wildman–Crippen MR) is 45.4 cm³/mol. The second kappa shape index (κ2) is 2.58. The van der Waals surface area contributed by atoms with Crippen LogP contribution in [0.4, 0.5) is 0 Å². The van der Waals surface area contributed by atoms with Crippen LogP contribution in [0, 0.1) is 22.0 Å². The molecule has 10 heavy (non-hydrogen) atoms. The first kappa shape index (κ1) is 7.54. The van der Waals surface area contributed by atoms with Gasteiger partial charge in [-0.15, -0.1) is 0 Å². The van der Waals surface area contributed by atoms with E-state index in [1.807, 2.05) is 20.0 Å². The average molecular weight is 247 g/mol. The van der Waals surface area contributed by atoms with Gasteiger partial charge in [0, 0.05) is 12.6 Å². The van der Waals surface area contributed by atoms with E-state index in [4.69, 9.17) is 5.26 Å². The minimum atomic E-state index is 0.520. The van der Waals surface area contributed by atoms with Gasteiger partial charge in [-0.1, -0.05) is 0 Å².